The number of hydrogen-bond acceptors (Lipinski definition) is 5. The highest BCUT2D eigenvalue weighted by atomic mass is 16.2. The number of amides is 1. The molecule has 2 fully saturated rings. The summed E-state index contributed by atoms with van der Waals surface area (Å²) in [4.78, 5) is 26.0. The van der Waals surface area contributed by atoms with Gasteiger partial charge in [-0.2, -0.15) is 10.1 Å². The van der Waals surface area contributed by atoms with E-state index in [1.165, 1.54) is 32.1 Å². The van der Waals surface area contributed by atoms with Crippen molar-refractivity contribution in [2.45, 2.75) is 52.0 Å². The van der Waals surface area contributed by atoms with Gasteiger partial charge in [-0.15, -0.1) is 0 Å². The Balaban J connectivity index is 1.42. The molecule has 0 radical (unpaired) electrons. The smallest absolute Gasteiger partial charge is 0.252 e. The third kappa shape index (κ3) is 3.13. The van der Waals surface area contributed by atoms with Crippen LogP contribution in [0.2, 0.25) is 0 Å². The van der Waals surface area contributed by atoms with E-state index in [2.05, 4.69) is 24.9 Å². The van der Waals surface area contributed by atoms with E-state index in [0.717, 1.165) is 36.6 Å². The summed E-state index contributed by atoms with van der Waals surface area (Å²) in [5.74, 6) is 0.890. The molecular weight excluding hydrogens is 316 g/mol. The van der Waals surface area contributed by atoms with Crippen LogP contribution in [-0.4, -0.2) is 67.5 Å². The molecule has 0 spiro atoms. The first-order valence-electron chi connectivity index (χ1n) is 9.31. The fourth-order valence-corrected chi connectivity index (χ4v) is 4.29. The van der Waals surface area contributed by atoms with Gasteiger partial charge in [0.2, 0.25) is 5.91 Å². The molecule has 0 aliphatic carbocycles. The van der Waals surface area contributed by atoms with Gasteiger partial charge in [-0.1, -0.05) is 6.42 Å². The highest BCUT2D eigenvalue weighted by molar-refractivity contribution is 5.76. The van der Waals surface area contributed by atoms with Crippen LogP contribution >= 0.6 is 0 Å². The van der Waals surface area contributed by atoms with E-state index >= 15 is 0 Å². The van der Waals surface area contributed by atoms with Gasteiger partial charge in [-0.05, 0) is 45.2 Å². The molecule has 7 nitrogen and oxygen atoms in total. The Morgan fingerprint density at radius 3 is 3.00 bits per heavy atom. The van der Waals surface area contributed by atoms with Crippen LogP contribution in [0.3, 0.4) is 0 Å². The van der Waals surface area contributed by atoms with Crippen molar-refractivity contribution in [3.63, 3.8) is 0 Å². The first kappa shape index (κ1) is 16.4. The molecule has 2 aliphatic heterocycles. The van der Waals surface area contributed by atoms with Crippen LogP contribution < -0.4 is 0 Å². The Bertz CT molecular complexity index is 785. The number of nitrogens with zero attached hydrogens (tertiary/aromatic N) is 6. The van der Waals surface area contributed by atoms with Crippen LogP contribution in [-0.2, 0) is 11.2 Å². The van der Waals surface area contributed by atoms with Gasteiger partial charge in [-0.3, -0.25) is 9.69 Å². The molecule has 2 aliphatic rings. The standard InChI is InChI=1S/C18H26N6O/c1-13-16(14(2)24-18(21-13)19-12-20-24)6-7-17(25)23-10-9-22-8-4-3-5-15(22)11-23/h12,15H,3-11H2,1-2H3/t15-/m0/s1. The van der Waals surface area contributed by atoms with Crippen molar-refractivity contribution in [2.24, 2.45) is 0 Å². The Labute approximate surface area is 148 Å². The van der Waals surface area contributed by atoms with E-state index in [4.69, 9.17) is 0 Å². The molecule has 134 valence electrons. The molecular formula is C18H26N6O. The van der Waals surface area contributed by atoms with Gasteiger partial charge in [0.25, 0.3) is 5.78 Å². The molecule has 4 heterocycles. The SMILES string of the molecule is Cc1nc2ncnn2c(C)c1CCC(=O)N1CCN2CCCC[C@H]2C1. The second-order valence-corrected chi connectivity index (χ2v) is 7.26. The van der Waals surface area contributed by atoms with Gasteiger partial charge in [0.05, 0.1) is 0 Å². The summed E-state index contributed by atoms with van der Waals surface area (Å²) in [5.41, 5.74) is 3.09. The first-order valence-corrected chi connectivity index (χ1v) is 9.31. The fraction of sp³-hybridized carbons (Fsp3) is 0.667. The van der Waals surface area contributed by atoms with Crippen molar-refractivity contribution in [1.82, 2.24) is 29.4 Å². The van der Waals surface area contributed by atoms with Gasteiger partial charge < -0.3 is 4.90 Å². The Kier molecular flexibility index (Phi) is 4.41. The third-order valence-corrected chi connectivity index (χ3v) is 5.77. The maximum absolute atomic E-state index is 12.7. The lowest BCUT2D eigenvalue weighted by Gasteiger charge is -2.44. The number of aryl methyl sites for hydroxylation is 2. The molecule has 0 aromatic carbocycles. The van der Waals surface area contributed by atoms with E-state index < -0.39 is 0 Å². The summed E-state index contributed by atoms with van der Waals surface area (Å²) in [6.07, 6.45) is 6.61. The minimum absolute atomic E-state index is 0.266. The highest BCUT2D eigenvalue weighted by Gasteiger charge is 2.30. The lowest BCUT2D eigenvalue weighted by molar-refractivity contribution is -0.134. The molecule has 2 saturated heterocycles. The molecule has 2 aromatic heterocycles. The molecule has 1 atom stereocenters. The summed E-state index contributed by atoms with van der Waals surface area (Å²) in [6.45, 7) is 8.01. The van der Waals surface area contributed by atoms with Crippen molar-refractivity contribution in [1.29, 1.82) is 0 Å². The lowest BCUT2D eigenvalue weighted by Crippen LogP contribution is -2.56. The minimum atomic E-state index is 0.266. The van der Waals surface area contributed by atoms with Gasteiger partial charge in [0.15, 0.2) is 0 Å². The number of fused-ring (bicyclic) bond motifs is 2. The van der Waals surface area contributed by atoms with Gasteiger partial charge >= 0.3 is 0 Å². The summed E-state index contributed by atoms with van der Waals surface area (Å²) >= 11 is 0. The zero-order chi connectivity index (χ0) is 17.4. The van der Waals surface area contributed by atoms with Gasteiger partial charge in [0.1, 0.15) is 6.33 Å². The normalized spacial score (nSPS) is 21.5. The number of carbonyl (C=O) groups is 1. The summed E-state index contributed by atoms with van der Waals surface area (Å²) < 4.78 is 1.76. The topological polar surface area (TPSA) is 66.6 Å². The molecule has 4 rings (SSSR count). The molecule has 25 heavy (non-hydrogen) atoms. The molecule has 0 unspecified atom stereocenters. The van der Waals surface area contributed by atoms with E-state index in [-0.39, 0.29) is 5.91 Å². The maximum atomic E-state index is 12.7. The van der Waals surface area contributed by atoms with E-state index in [0.29, 0.717) is 24.7 Å². The highest BCUT2D eigenvalue weighted by Crippen LogP contribution is 2.22. The quantitative estimate of drug-likeness (QED) is 0.843. The summed E-state index contributed by atoms with van der Waals surface area (Å²) in [6, 6.07) is 0.572. The zero-order valence-corrected chi connectivity index (χ0v) is 15.1. The second kappa shape index (κ2) is 6.71. The van der Waals surface area contributed by atoms with Crippen molar-refractivity contribution in [3.05, 3.63) is 23.3 Å². The maximum Gasteiger partial charge on any atom is 0.252 e. The van der Waals surface area contributed by atoms with Crippen molar-refractivity contribution >= 4 is 11.7 Å². The van der Waals surface area contributed by atoms with E-state index in [1.807, 2.05) is 13.8 Å². The summed E-state index contributed by atoms with van der Waals surface area (Å²) in [7, 11) is 0. The zero-order valence-electron chi connectivity index (χ0n) is 15.1. The number of hydrogen-bond donors (Lipinski definition) is 0. The molecule has 0 N–H and O–H groups in total. The van der Waals surface area contributed by atoms with E-state index in [9.17, 15) is 4.79 Å². The number of piperazine rings is 1. The number of carbonyl (C=O) groups excluding carboxylic acids is 1. The van der Waals surface area contributed by atoms with Crippen molar-refractivity contribution < 1.29 is 4.79 Å². The largest absolute Gasteiger partial charge is 0.340 e. The summed E-state index contributed by atoms with van der Waals surface area (Å²) in [5, 5.41) is 4.22. The average Bonchev–Trinajstić information content (AvgIpc) is 3.09. The van der Waals surface area contributed by atoms with Gasteiger partial charge in [-0.25, -0.2) is 9.50 Å². The Morgan fingerprint density at radius 1 is 1.24 bits per heavy atom. The number of piperidine rings is 1. The molecule has 1 amide bonds. The third-order valence-electron chi connectivity index (χ3n) is 5.77. The van der Waals surface area contributed by atoms with Crippen LogP contribution in [0.4, 0.5) is 0 Å². The van der Waals surface area contributed by atoms with Crippen LogP contribution in [0.25, 0.3) is 5.78 Å². The van der Waals surface area contributed by atoms with Gasteiger partial charge in [0, 0.05) is 43.5 Å². The second-order valence-electron chi connectivity index (χ2n) is 7.26. The van der Waals surface area contributed by atoms with Crippen molar-refractivity contribution in [2.75, 3.05) is 26.2 Å². The monoisotopic (exact) mass is 342 g/mol. The predicted molar refractivity (Wildman–Crippen MR) is 94.4 cm³/mol. The Hall–Kier alpha value is -2.02. The molecule has 7 heteroatoms. The Morgan fingerprint density at radius 2 is 2.12 bits per heavy atom. The average molecular weight is 342 g/mol. The molecule has 0 bridgehead atoms. The van der Waals surface area contributed by atoms with Crippen LogP contribution in [0.1, 0.15) is 42.6 Å². The van der Waals surface area contributed by atoms with Crippen LogP contribution in [0, 0.1) is 13.8 Å². The van der Waals surface area contributed by atoms with E-state index in [1.54, 1.807) is 4.52 Å². The first-order chi connectivity index (χ1) is 12.1. The van der Waals surface area contributed by atoms with Crippen molar-refractivity contribution in [3.8, 4) is 0 Å². The number of rotatable bonds is 3. The fourth-order valence-electron chi connectivity index (χ4n) is 4.29. The van der Waals surface area contributed by atoms with Crippen LogP contribution in [0.5, 0.6) is 0 Å². The molecule has 2 aromatic rings. The predicted octanol–water partition coefficient (Wildman–Crippen LogP) is 1.37. The van der Waals surface area contributed by atoms with Crippen LogP contribution in [0.15, 0.2) is 6.33 Å². The lowest BCUT2D eigenvalue weighted by atomic mass is 9.99. The molecule has 0 saturated carbocycles. The number of aromatic nitrogens is 4. The minimum Gasteiger partial charge on any atom is -0.340 e.